The molecule has 0 aliphatic carbocycles. The largest absolute Gasteiger partial charge is 0.418 e. The molecule has 0 amide bonds. The van der Waals surface area contributed by atoms with E-state index in [0.717, 1.165) is 6.07 Å². The molecule has 0 heterocycles. The molecular weight excluding hydrogens is 307 g/mol. The van der Waals surface area contributed by atoms with Crippen LogP contribution in [0.2, 0.25) is 0 Å². The third kappa shape index (κ3) is 3.67. The van der Waals surface area contributed by atoms with Crippen LogP contribution in [0.5, 0.6) is 0 Å². The van der Waals surface area contributed by atoms with E-state index in [0.29, 0.717) is 4.47 Å². The highest BCUT2D eigenvalue weighted by atomic mass is 79.9. The van der Waals surface area contributed by atoms with Crippen LogP contribution in [-0.2, 0) is 6.18 Å². The van der Waals surface area contributed by atoms with Crippen LogP contribution in [-0.4, -0.2) is 6.04 Å². The van der Waals surface area contributed by atoms with Crippen molar-refractivity contribution >= 4 is 21.6 Å². The van der Waals surface area contributed by atoms with Crippen molar-refractivity contribution in [2.45, 2.75) is 26.1 Å². The second-order valence-electron chi connectivity index (χ2n) is 4.22. The zero-order chi connectivity index (χ0) is 13.9. The van der Waals surface area contributed by atoms with Crippen LogP contribution >= 0.6 is 15.9 Å². The summed E-state index contributed by atoms with van der Waals surface area (Å²) in [6, 6.07) is 3.32. The lowest BCUT2D eigenvalue weighted by Crippen LogP contribution is -2.25. The van der Waals surface area contributed by atoms with E-state index in [-0.39, 0.29) is 11.6 Å². The Balaban J connectivity index is 3.15. The summed E-state index contributed by atoms with van der Waals surface area (Å²) in [6.07, 6.45) is 0.910. The van der Waals surface area contributed by atoms with Crippen LogP contribution < -0.4 is 5.32 Å². The summed E-state index contributed by atoms with van der Waals surface area (Å²) in [4.78, 5) is 0. The van der Waals surface area contributed by atoms with Crippen molar-refractivity contribution in [3.8, 4) is 12.3 Å². The van der Waals surface area contributed by atoms with Crippen molar-refractivity contribution in [2.24, 2.45) is 5.92 Å². The van der Waals surface area contributed by atoms with Crippen LogP contribution in [0.15, 0.2) is 22.7 Å². The molecule has 0 aromatic heterocycles. The van der Waals surface area contributed by atoms with Gasteiger partial charge in [-0.1, -0.05) is 35.7 Å². The molecule has 0 saturated carbocycles. The highest BCUT2D eigenvalue weighted by molar-refractivity contribution is 9.10. The number of nitrogens with one attached hydrogen (secondary N) is 1. The lowest BCUT2D eigenvalue weighted by molar-refractivity contribution is -0.137. The molecule has 1 unspecified atom stereocenters. The molecule has 1 N–H and O–H groups in total. The monoisotopic (exact) mass is 319 g/mol. The Kier molecular flexibility index (Phi) is 4.69. The highest BCUT2D eigenvalue weighted by Gasteiger charge is 2.34. The van der Waals surface area contributed by atoms with E-state index in [1.807, 2.05) is 13.8 Å². The first-order valence-electron chi connectivity index (χ1n) is 5.35. The Morgan fingerprint density at radius 2 is 1.94 bits per heavy atom. The average molecular weight is 320 g/mol. The van der Waals surface area contributed by atoms with E-state index in [1.54, 1.807) is 0 Å². The van der Waals surface area contributed by atoms with Crippen molar-refractivity contribution in [1.82, 2.24) is 0 Å². The zero-order valence-corrected chi connectivity index (χ0v) is 11.6. The fourth-order valence-corrected chi connectivity index (χ4v) is 1.81. The van der Waals surface area contributed by atoms with E-state index in [4.69, 9.17) is 6.42 Å². The Bertz CT molecular complexity index is 460. The van der Waals surface area contributed by atoms with Crippen LogP contribution in [0.25, 0.3) is 0 Å². The molecule has 1 aromatic carbocycles. The van der Waals surface area contributed by atoms with Crippen molar-refractivity contribution < 1.29 is 13.2 Å². The molecule has 0 fully saturated rings. The van der Waals surface area contributed by atoms with E-state index in [2.05, 4.69) is 27.2 Å². The van der Waals surface area contributed by atoms with E-state index in [9.17, 15) is 13.2 Å². The number of halogens is 4. The summed E-state index contributed by atoms with van der Waals surface area (Å²) < 4.78 is 39.1. The van der Waals surface area contributed by atoms with E-state index < -0.39 is 17.8 Å². The summed E-state index contributed by atoms with van der Waals surface area (Å²) in [6.45, 7) is 3.70. The second-order valence-corrected chi connectivity index (χ2v) is 5.14. The van der Waals surface area contributed by atoms with Crippen LogP contribution in [0.1, 0.15) is 19.4 Å². The molecule has 5 heteroatoms. The van der Waals surface area contributed by atoms with Crippen molar-refractivity contribution in [1.29, 1.82) is 0 Å². The molecule has 18 heavy (non-hydrogen) atoms. The minimum Gasteiger partial charge on any atom is -0.371 e. The zero-order valence-electron chi connectivity index (χ0n) is 9.98. The minimum atomic E-state index is -4.40. The number of benzene rings is 1. The number of hydrogen-bond acceptors (Lipinski definition) is 1. The molecule has 1 atom stereocenters. The third-order valence-electron chi connectivity index (χ3n) is 2.44. The molecule has 1 nitrogen and oxygen atoms in total. The smallest absolute Gasteiger partial charge is 0.371 e. The lowest BCUT2D eigenvalue weighted by Gasteiger charge is -2.21. The van der Waals surface area contributed by atoms with Gasteiger partial charge in [-0.15, -0.1) is 6.42 Å². The van der Waals surface area contributed by atoms with Gasteiger partial charge >= 0.3 is 6.18 Å². The molecule has 0 saturated heterocycles. The molecule has 0 radical (unpaired) electrons. The van der Waals surface area contributed by atoms with Crippen molar-refractivity contribution in [3.05, 3.63) is 28.2 Å². The first-order valence-corrected chi connectivity index (χ1v) is 6.14. The second kappa shape index (κ2) is 5.66. The Labute approximate surface area is 113 Å². The molecular formula is C13H13BrF3N. The minimum absolute atomic E-state index is 0.00600. The molecule has 0 aliphatic rings. The summed E-state index contributed by atoms with van der Waals surface area (Å²) >= 11 is 3.15. The number of alkyl halides is 3. The average Bonchev–Trinajstić information content (AvgIpc) is 2.23. The van der Waals surface area contributed by atoms with Crippen molar-refractivity contribution in [3.63, 3.8) is 0 Å². The maximum Gasteiger partial charge on any atom is 0.418 e. The van der Waals surface area contributed by atoms with Gasteiger partial charge in [-0.25, -0.2) is 0 Å². The van der Waals surface area contributed by atoms with Gasteiger partial charge in [0.15, 0.2) is 0 Å². The fourth-order valence-electron chi connectivity index (χ4n) is 1.45. The fraction of sp³-hybridized carbons (Fsp3) is 0.385. The van der Waals surface area contributed by atoms with Gasteiger partial charge in [0.1, 0.15) is 0 Å². The highest BCUT2D eigenvalue weighted by Crippen LogP contribution is 2.36. The molecule has 98 valence electrons. The van der Waals surface area contributed by atoms with Gasteiger partial charge in [0.25, 0.3) is 0 Å². The van der Waals surface area contributed by atoms with Crippen LogP contribution in [0.4, 0.5) is 18.9 Å². The first-order chi connectivity index (χ1) is 8.25. The molecule has 1 rings (SSSR count). The van der Waals surface area contributed by atoms with E-state index >= 15 is 0 Å². The van der Waals surface area contributed by atoms with Gasteiger partial charge in [-0.2, -0.15) is 13.2 Å². The summed E-state index contributed by atoms with van der Waals surface area (Å²) in [5.74, 6) is 2.49. The molecule has 0 bridgehead atoms. The van der Waals surface area contributed by atoms with Gasteiger partial charge in [0.2, 0.25) is 0 Å². The van der Waals surface area contributed by atoms with Gasteiger partial charge in [0, 0.05) is 10.2 Å². The van der Waals surface area contributed by atoms with Gasteiger partial charge in [-0.3, -0.25) is 0 Å². The summed E-state index contributed by atoms with van der Waals surface area (Å²) in [7, 11) is 0. The van der Waals surface area contributed by atoms with Crippen molar-refractivity contribution in [2.75, 3.05) is 5.32 Å². The Hall–Kier alpha value is -1.15. The summed E-state index contributed by atoms with van der Waals surface area (Å²) in [5.41, 5.74) is -0.722. The summed E-state index contributed by atoms with van der Waals surface area (Å²) in [5, 5.41) is 2.76. The maximum atomic E-state index is 12.8. The molecule has 1 aromatic rings. The quantitative estimate of drug-likeness (QED) is 0.807. The number of anilines is 1. The Morgan fingerprint density at radius 3 is 2.39 bits per heavy atom. The SMILES string of the molecule is C#CC(Nc1cc(Br)ccc1C(F)(F)F)C(C)C. The van der Waals surface area contributed by atoms with Gasteiger partial charge in [0.05, 0.1) is 11.6 Å². The topological polar surface area (TPSA) is 12.0 Å². The first kappa shape index (κ1) is 14.9. The third-order valence-corrected chi connectivity index (χ3v) is 2.94. The van der Waals surface area contributed by atoms with Gasteiger partial charge in [-0.05, 0) is 24.1 Å². The van der Waals surface area contributed by atoms with Crippen LogP contribution in [0.3, 0.4) is 0 Å². The van der Waals surface area contributed by atoms with Crippen LogP contribution in [0, 0.1) is 18.3 Å². The normalized spacial score (nSPS) is 13.2. The lowest BCUT2D eigenvalue weighted by atomic mass is 10.0. The number of terminal acetylenes is 1. The molecule has 0 aliphatic heterocycles. The number of hydrogen-bond donors (Lipinski definition) is 1. The standard InChI is InChI=1S/C13H13BrF3N/c1-4-11(8(2)3)18-12-7-9(14)5-6-10(12)13(15,16)17/h1,5-8,11,18H,2-3H3. The Morgan fingerprint density at radius 1 is 1.33 bits per heavy atom. The molecule has 0 spiro atoms. The maximum absolute atomic E-state index is 12.8. The predicted octanol–water partition coefficient (Wildman–Crippen LogP) is 4.54. The number of rotatable bonds is 3. The van der Waals surface area contributed by atoms with E-state index in [1.165, 1.54) is 12.1 Å². The predicted molar refractivity (Wildman–Crippen MR) is 70.2 cm³/mol. The van der Waals surface area contributed by atoms with Gasteiger partial charge < -0.3 is 5.32 Å².